The van der Waals surface area contributed by atoms with Gasteiger partial charge >= 0.3 is 0 Å². The quantitative estimate of drug-likeness (QED) is 0.846. The van der Waals surface area contributed by atoms with E-state index in [2.05, 4.69) is 22.0 Å². The second kappa shape index (κ2) is 7.59. The van der Waals surface area contributed by atoms with E-state index >= 15 is 0 Å². The van der Waals surface area contributed by atoms with Crippen LogP contribution in [0.25, 0.3) is 0 Å². The molecule has 0 aromatic heterocycles. The first-order valence-corrected chi connectivity index (χ1v) is 7.67. The van der Waals surface area contributed by atoms with Gasteiger partial charge in [0.25, 0.3) is 0 Å². The molecule has 0 bridgehead atoms. The normalized spacial score (nSPS) is 12.2. The summed E-state index contributed by atoms with van der Waals surface area (Å²) in [6.45, 7) is 2.56. The van der Waals surface area contributed by atoms with Crippen LogP contribution in [-0.4, -0.2) is 13.2 Å². The molecule has 0 saturated carbocycles. The average Bonchev–Trinajstić information content (AvgIpc) is 2.42. The SMILES string of the molecule is COCc1cccc(Oc2ccc(Br)cc2CC(C)N)c1. The first-order valence-electron chi connectivity index (χ1n) is 6.88. The lowest BCUT2D eigenvalue weighted by molar-refractivity contribution is 0.184. The summed E-state index contributed by atoms with van der Waals surface area (Å²) in [7, 11) is 1.68. The van der Waals surface area contributed by atoms with Gasteiger partial charge in [-0.1, -0.05) is 28.1 Å². The first-order chi connectivity index (χ1) is 10.1. The van der Waals surface area contributed by atoms with Crippen molar-refractivity contribution in [3.05, 3.63) is 58.1 Å². The molecule has 0 heterocycles. The summed E-state index contributed by atoms with van der Waals surface area (Å²) in [6, 6.07) is 14.0. The molecule has 0 aliphatic carbocycles. The summed E-state index contributed by atoms with van der Waals surface area (Å²) in [4.78, 5) is 0. The van der Waals surface area contributed by atoms with Crippen molar-refractivity contribution in [1.29, 1.82) is 0 Å². The Bertz CT molecular complexity index is 599. The summed E-state index contributed by atoms with van der Waals surface area (Å²) in [5, 5.41) is 0. The van der Waals surface area contributed by atoms with E-state index in [4.69, 9.17) is 15.2 Å². The largest absolute Gasteiger partial charge is 0.457 e. The van der Waals surface area contributed by atoms with E-state index < -0.39 is 0 Å². The molecule has 0 fully saturated rings. The molecule has 0 aliphatic rings. The van der Waals surface area contributed by atoms with Crippen LogP contribution in [0.1, 0.15) is 18.1 Å². The van der Waals surface area contributed by atoms with Gasteiger partial charge in [-0.15, -0.1) is 0 Å². The zero-order valence-corrected chi connectivity index (χ0v) is 13.9. The molecule has 2 rings (SSSR count). The van der Waals surface area contributed by atoms with E-state index in [1.165, 1.54) is 0 Å². The third-order valence-electron chi connectivity index (χ3n) is 3.00. The molecule has 2 aromatic rings. The van der Waals surface area contributed by atoms with E-state index in [1.807, 2.05) is 43.3 Å². The van der Waals surface area contributed by atoms with Gasteiger partial charge in [-0.2, -0.15) is 0 Å². The summed E-state index contributed by atoms with van der Waals surface area (Å²) >= 11 is 3.49. The van der Waals surface area contributed by atoms with Gasteiger partial charge in [0.15, 0.2) is 0 Å². The van der Waals surface area contributed by atoms with Crippen molar-refractivity contribution in [2.45, 2.75) is 26.0 Å². The molecular formula is C17H20BrNO2. The lowest BCUT2D eigenvalue weighted by Gasteiger charge is -2.14. The lowest BCUT2D eigenvalue weighted by Crippen LogP contribution is -2.18. The molecule has 1 unspecified atom stereocenters. The molecule has 0 spiro atoms. The Morgan fingerprint density at radius 1 is 1.19 bits per heavy atom. The second-order valence-corrected chi connectivity index (χ2v) is 6.03. The minimum atomic E-state index is 0.0847. The number of rotatable bonds is 6. The molecule has 1 atom stereocenters. The van der Waals surface area contributed by atoms with E-state index in [1.54, 1.807) is 7.11 Å². The van der Waals surface area contributed by atoms with Gasteiger partial charge in [0.05, 0.1) is 6.61 Å². The predicted octanol–water partition coefficient (Wildman–Crippen LogP) is 4.28. The van der Waals surface area contributed by atoms with Crippen molar-refractivity contribution in [3.8, 4) is 11.5 Å². The number of methoxy groups -OCH3 is 1. The van der Waals surface area contributed by atoms with Crippen LogP contribution in [0, 0.1) is 0 Å². The summed E-state index contributed by atoms with van der Waals surface area (Å²) in [5.41, 5.74) is 8.09. The highest BCUT2D eigenvalue weighted by Gasteiger charge is 2.08. The van der Waals surface area contributed by atoms with Crippen molar-refractivity contribution in [2.24, 2.45) is 5.73 Å². The van der Waals surface area contributed by atoms with Gasteiger partial charge in [-0.25, -0.2) is 0 Å². The molecule has 4 heteroatoms. The standard InChI is InChI=1S/C17H20BrNO2/c1-12(19)8-14-10-15(18)6-7-17(14)21-16-5-3-4-13(9-16)11-20-2/h3-7,9-10,12H,8,11,19H2,1-2H3. The zero-order chi connectivity index (χ0) is 15.2. The molecule has 112 valence electrons. The molecule has 3 nitrogen and oxygen atoms in total. The highest BCUT2D eigenvalue weighted by molar-refractivity contribution is 9.10. The Kier molecular flexibility index (Phi) is 5.79. The van der Waals surface area contributed by atoms with Crippen LogP contribution < -0.4 is 10.5 Å². The molecule has 21 heavy (non-hydrogen) atoms. The molecule has 2 aromatic carbocycles. The fourth-order valence-electron chi connectivity index (χ4n) is 2.15. The van der Waals surface area contributed by atoms with E-state index in [9.17, 15) is 0 Å². The third kappa shape index (κ3) is 4.84. The van der Waals surface area contributed by atoms with Crippen LogP contribution in [-0.2, 0) is 17.8 Å². The number of halogens is 1. The fourth-order valence-corrected chi connectivity index (χ4v) is 2.55. The van der Waals surface area contributed by atoms with Crippen molar-refractivity contribution < 1.29 is 9.47 Å². The van der Waals surface area contributed by atoms with Crippen LogP contribution in [0.3, 0.4) is 0 Å². The minimum absolute atomic E-state index is 0.0847. The van der Waals surface area contributed by atoms with Gasteiger partial charge in [0.1, 0.15) is 11.5 Å². The van der Waals surface area contributed by atoms with E-state index in [0.717, 1.165) is 33.5 Å². The highest BCUT2D eigenvalue weighted by Crippen LogP contribution is 2.29. The number of nitrogens with two attached hydrogens (primary N) is 1. The maximum Gasteiger partial charge on any atom is 0.130 e. The van der Waals surface area contributed by atoms with Crippen LogP contribution in [0.4, 0.5) is 0 Å². The van der Waals surface area contributed by atoms with E-state index in [0.29, 0.717) is 6.61 Å². The summed E-state index contributed by atoms with van der Waals surface area (Å²) in [5.74, 6) is 1.64. The molecule has 0 radical (unpaired) electrons. The molecule has 0 aliphatic heterocycles. The zero-order valence-electron chi connectivity index (χ0n) is 12.3. The molecule has 2 N–H and O–H groups in total. The number of hydrogen-bond donors (Lipinski definition) is 1. The van der Waals surface area contributed by atoms with Crippen LogP contribution >= 0.6 is 15.9 Å². The maximum absolute atomic E-state index is 6.02. The van der Waals surface area contributed by atoms with Crippen molar-refractivity contribution in [1.82, 2.24) is 0 Å². The van der Waals surface area contributed by atoms with Gasteiger partial charge in [0, 0.05) is 17.6 Å². The Balaban J connectivity index is 2.24. The van der Waals surface area contributed by atoms with Crippen LogP contribution in [0.5, 0.6) is 11.5 Å². The Morgan fingerprint density at radius 3 is 2.71 bits per heavy atom. The monoisotopic (exact) mass is 349 g/mol. The number of benzene rings is 2. The fraction of sp³-hybridized carbons (Fsp3) is 0.294. The minimum Gasteiger partial charge on any atom is -0.457 e. The van der Waals surface area contributed by atoms with Crippen molar-refractivity contribution in [3.63, 3.8) is 0 Å². The molecule has 0 saturated heterocycles. The van der Waals surface area contributed by atoms with Gasteiger partial charge in [-0.05, 0) is 54.8 Å². The number of ether oxygens (including phenoxy) is 2. The van der Waals surface area contributed by atoms with E-state index in [-0.39, 0.29) is 6.04 Å². The lowest BCUT2D eigenvalue weighted by atomic mass is 10.1. The van der Waals surface area contributed by atoms with Gasteiger partial charge in [0.2, 0.25) is 0 Å². The smallest absolute Gasteiger partial charge is 0.130 e. The average molecular weight is 350 g/mol. The third-order valence-corrected chi connectivity index (χ3v) is 3.49. The molecular weight excluding hydrogens is 330 g/mol. The van der Waals surface area contributed by atoms with Gasteiger partial charge in [-0.3, -0.25) is 0 Å². The van der Waals surface area contributed by atoms with Crippen LogP contribution in [0.15, 0.2) is 46.9 Å². The predicted molar refractivity (Wildman–Crippen MR) is 88.7 cm³/mol. The van der Waals surface area contributed by atoms with Crippen LogP contribution in [0.2, 0.25) is 0 Å². The van der Waals surface area contributed by atoms with Gasteiger partial charge < -0.3 is 15.2 Å². The highest BCUT2D eigenvalue weighted by atomic mass is 79.9. The first kappa shape index (κ1) is 16.0. The second-order valence-electron chi connectivity index (χ2n) is 5.12. The summed E-state index contributed by atoms with van der Waals surface area (Å²) in [6.07, 6.45) is 0.770. The topological polar surface area (TPSA) is 44.5 Å². The maximum atomic E-state index is 6.02. The Labute approximate surface area is 134 Å². The molecule has 0 amide bonds. The van der Waals surface area contributed by atoms with Crippen molar-refractivity contribution >= 4 is 15.9 Å². The van der Waals surface area contributed by atoms with Crippen molar-refractivity contribution in [2.75, 3.05) is 7.11 Å². The Morgan fingerprint density at radius 2 is 2.00 bits per heavy atom. The summed E-state index contributed by atoms with van der Waals surface area (Å²) < 4.78 is 12.2. The Hall–Kier alpha value is -1.36. The number of hydrogen-bond acceptors (Lipinski definition) is 3.